The number of nitrogens with zero attached hydrogens (tertiary/aromatic N) is 2. The van der Waals surface area contributed by atoms with E-state index < -0.39 is 0 Å². The molecule has 1 aliphatic rings. The minimum Gasteiger partial charge on any atom is -0.342 e. The van der Waals surface area contributed by atoms with Crippen LogP contribution in [0.25, 0.3) is 33.1 Å². The van der Waals surface area contributed by atoms with Crippen LogP contribution in [0, 0.1) is 17.6 Å². The summed E-state index contributed by atoms with van der Waals surface area (Å²) in [6.07, 6.45) is 6.09. The van der Waals surface area contributed by atoms with E-state index in [2.05, 4.69) is 16.9 Å². The average Bonchev–Trinajstić information content (AvgIpc) is 3.31. The molecule has 0 amide bonds. The number of hydrogen-bond acceptors (Lipinski definition) is 2. The molecule has 0 aliphatic heterocycles. The molecule has 1 atom stereocenters. The number of aromatic amines is 1. The molecule has 3 nitrogen and oxygen atoms in total. The summed E-state index contributed by atoms with van der Waals surface area (Å²) >= 11 is 0. The fraction of sp³-hybridized carbons (Fsp3) is 0.267. The van der Waals surface area contributed by atoms with Gasteiger partial charge in [-0.1, -0.05) is 37.3 Å². The van der Waals surface area contributed by atoms with E-state index in [0.717, 1.165) is 59.0 Å². The lowest BCUT2D eigenvalue weighted by molar-refractivity contribution is 0.286. The Bertz CT molecular complexity index is 1500. The summed E-state index contributed by atoms with van der Waals surface area (Å²) in [5.74, 6) is 1.61. The molecule has 1 aliphatic carbocycles. The molecule has 0 spiro atoms. The normalized spacial score (nSPS) is 19.3. The van der Waals surface area contributed by atoms with E-state index in [9.17, 15) is 8.78 Å². The number of imidazole rings is 1. The molecule has 3 aromatic carbocycles. The van der Waals surface area contributed by atoms with Gasteiger partial charge in [-0.25, -0.2) is 13.8 Å². The SMILES string of the molecule is C[C@@H](c1nc2cc(-c3ccccc3)c(F)cc2[nH]1)C1CCC(c2ccnc3ccc(F)cc23)CC1. The zero-order chi connectivity index (χ0) is 23.9. The lowest BCUT2D eigenvalue weighted by Gasteiger charge is -2.32. The van der Waals surface area contributed by atoms with E-state index in [1.54, 1.807) is 18.2 Å². The number of nitrogens with one attached hydrogen (secondary N) is 1. The zero-order valence-electron chi connectivity index (χ0n) is 19.6. The first kappa shape index (κ1) is 21.9. The number of benzene rings is 3. The number of aromatic nitrogens is 3. The van der Waals surface area contributed by atoms with Crippen LogP contribution in [-0.2, 0) is 0 Å². The van der Waals surface area contributed by atoms with E-state index in [0.29, 0.717) is 17.4 Å². The monoisotopic (exact) mass is 467 g/mol. The molecule has 1 fully saturated rings. The summed E-state index contributed by atoms with van der Waals surface area (Å²) in [6, 6.07) is 19.9. The van der Waals surface area contributed by atoms with Crippen LogP contribution >= 0.6 is 0 Å². The lowest BCUT2D eigenvalue weighted by Crippen LogP contribution is -2.19. The topological polar surface area (TPSA) is 41.6 Å². The largest absolute Gasteiger partial charge is 0.342 e. The number of rotatable bonds is 4. The molecule has 5 aromatic rings. The molecular formula is C30H27F2N3. The van der Waals surface area contributed by atoms with E-state index in [1.807, 2.05) is 48.7 Å². The van der Waals surface area contributed by atoms with Gasteiger partial charge in [-0.05, 0) is 79.0 Å². The second-order valence-corrected chi connectivity index (χ2v) is 9.80. The van der Waals surface area contributed by atoms with Crippen LogP contribution in [0.4, 0.5) is 8.78 Å². The van der Waals surface area contributed by atoms with Crippen molar-refractivity contribution in [1.82, 2.24) is 15.0 Å². The third-order valence-corrected chi connectivity index (χ3v) is 7.76. The van der Waals surface area contributed by atoms with Gasteiger partial charge in [0.2, 0.25) is 0 Å². The Labute approximate surface area is 203 Å². The summed E-state index contributed by atoms with van der Waals surface area (Å²) in [4.78, 5) is 12.7. The Hall–Kier alpha value is -3.60. The van der Waals surface area contributed by atoms with Gasteiger partial charge in [0.05, 0.1) is 16.6 Å². The Morgan fingerprint density at radius 1 is 0.886 bits per heavy atom. The fourth-order valence-corrected chi connectivity index (χ4v) is 5.75. The molecule has 2 aromatic heterocycles. The van der Waals surface area contributed by atoms with Gasteiger partial charge in [-0.3, -0.25) is 4.98 Å². The zero-order valence-corrected chi connectivity index (χ0v) is 19.6. The van der Waals surface area contributed by atoms with Crippen molar-refractivity contribution in [3.8, 4) is 11.1 Å². The average molecular weight is 468 g/mol. The molecule has 1 saturated carbocycles. The minimum atomic E-state index is -0.243. The van der Waals surface area contributed by atoms with Crippen molar-refractivity contribution in [1.29, 1.82) is 0 Å². The summed E-state index contributed by atoms with van der Waals surface area (Å²) < 4.78 is 28.7. The molecule has 2 heterocycles. The number of H-pyrrole nitrogens is 1. The molecule has 0 unspecified atom stereocenters. The van der Waals surface area contributed by atoms with Crippen molar-refractivity contribution in [3.63, 3.8) is 0 Å². The van der Waals surface area contributed by atoms with Crippen molar-refractivity contribution in [2.75, 3.05) is 0 Å². The van der Waals surface area contributed by atoms with Gasteiger partial charge in [-0.2, -0.15) is 0 Å². The second-order valence-electron chi connectivity index (χ2n) is 9.80. The Morgan fingerprint density at radius 3 is 2.49 bits per heavy atom. The first-order valence-corrected chi connectivity index (χ1v) is 12.4. The highest BCUT2D eigenvalue weighted by molar-refractivity contribution is 5.83. The number of pyridine rings is 1. The van der Waals surface area contributed by atoms with E-state index in [4.69, 9.17) is 4.98 Å². The highest BCUT2D eigenvalue weighted by Crippen LogP contribution is 2.43. The summed E-state index contributed by atoms with van der Waals surface area (Å²) in [7, 11) is 0. The second kappa shape index (κ2) is 8.88. The maximum absolute atomic E-state index is 14.8. The van der Waals surface area contributed by atoms with Crippen molar-refractivity contribution < 1.29 is 8.78 Å². The first-order valence-electron chi connectivity index (χ1n) is 12.4. The molecule has 176 valence electrons. The fourth-order valence-electron chi connectivity index (χ4n) is 5.75. The van der Waals surface area contributed by atoms with E-state index >= 15 is 0 Å². The summed E-state index contributed by atoms with van der Waals surface area (Å²) in [6.45, 7) is 2.22. The van der Waals surface area contributed by atoms with Gasteiger partial charge in [0.15, 0.2) is 0 Å². The van der Waals surface area contributed by atoms with Crippen LogP contribution < -0.4 is 0 Å². The lowest BCUT2D eigenvalue weighted by atomic mass is 9.73. The molecule has 6 rings (SSSR count). The van der Waals surface area contributed by atoms with E-state index in [1.165, 1.54) is 11.6 Å². The minimum absolute atomic E-state index is 0.217. The van der Waals surface area contributed by atoms with E-state index in [-0.39, 0.29) is 17.6 Å². The molecule has 5 heteroatoms. The van der Waals surface area contributed by atoms with Gasteiger partial charge in [0.25, 0.3) is 0 Å². The molecular weight excluding hydrogens is 440 g/mol. The molecule has 1 N–H and O–H groups in total. The van der Waals surface area contributed by atoms with Crippen LogP contribution in [0.1, 0.15) is 55.8 Å². The summed E-state index contributed by atoms with van der Waals surface area (Å²) in [5.41, 5.74) is 5.02. The smallest absolute Gasteiger partial charge is 0.133 e. The van der Waals surface area contributed by atoms with Crippen molar-refractivity contribution in [3.05, 3.63) is 95.9 Å². The van der Waals surface area contributed by atoms with Gasteiger partial charge in [0.1, 0.15) is 17.5 Å². The Balaban J connectivity index is 1.21. The van der Waals surface area contributed by atoms with Crippen molar-refractivity contribution >= 4 is 21.9 Å². The molecule has 0 saturated heterocycles. The van der Waals surface area contributed by atoms with Crippen LogP contribution in [0.2, 0.25) is 0 Å². The van der Waals surface area contributed by atoms with Crippen LogP contribution in [0.15, 0.2) is 72.9 Å². The maximum atomic E-state index is 14.8. The molecule has 35 heavy (non-hydrogen) atoms. The van der Waals surface area contributed by atoms with Crippen molar-refractivity contribution in [2.45, 2.75) is 44.4 Å². The third kappa shape index (κ3) is 4.09. The molecule has 0 bridgehead atoms. The Kier molecular flexibility index (Phi) is 5.56. The Morgan fingerprint density at radius 2 is 1.69 bits per heavy atom. The van der Waals surface area contributed by atoms with Gasteiger partial charge in [0, 0.05) is 29.1 Å². The third-order valence-electron chi connectivity index (χ3n) is 7.76. The van der Waals surface area contributed by atoms with Gasteiger partial charge >= 0.3 is 0 Å². The highest BCUT2D eigenvalue weighted by atomic mass is 19.1. The van der Waals surface area contributed by atoms with Gasteiger partial charge < -0.3 is 4.98 Å². The predicted molar refractivity (Wildman–Crippen MR) is 136 cm³/mol. The quantitative estimate of drug-likeness (QED) is 0.290. The predicted octanol–water partition coefficient (Wildman–Crippen LogP) is 8.13. The first-order chi connectivity index (χ1) is 17.1. The van der Waals surface area contributed by atoms with Crippen LogP contribution in [0.3, 0.4) is 0 Å². The maximum Gasteiger partial charge on any atom is 0.133 e. The van der Waals surface area contributed by atoms with Crippen molar-refractivity contribution in [2.24, 2.45) is 5.92 Å². The van der Waals surface area contributed by atoms with Crippen LogP contribution in [-0.4, -0.2) is 15.0 Å². The van der Waals surface area contributed by atoms with Gasteiger partial charge in [-0.15, -0.1) is 0 Å². The standard InChI is InChI=1S/C30H27F2N3/c1-18(30-34-28-16-24(20-5-3-2-4-6-20)26(32)17-29(28)35-30)19-7-9-21(10-8-19)23-13-14-33-27-12-11-22(31)15-25(23)27/h2-6,11-19,21H,7-10H2,1H3,(H,34,35)/t18-,19?,21?/m1/s1. The number of halogens is 2. The number of fused-ring (bicyclic) bond motifs is 2. The molecule has 0 radical (unpaired) electrons. The highest BCUT2D eigenvalue weighted by Gasteiger charge is 2.29. The summed E-state index contributed by atoms with van der Waals surface area (Å²) in [5, 5.41) is 0.928. The van der Waals surface area contributed by atoms with Crippen LogP contribution in [0.5, 0.6) is 0 Å². The number of hydrogen-bond donors (Lipinski definition) is 1.